The highest BCUT2D eigenvalue weighted by Gasteiger charge is 2.48. The number of aliphatic hydroxyl groups is 1. The lowest BCUT2D eigenvalue weighted by Gasteiger charge is -2.39. The van der Waals surface area contributed by atoms with Crippen LogP contribution >= 0.6 is 11.8 Å². The minimum Gasteiger partial charge on any atom is -0.395 e. The van der Waals surface area contributed by atoms with Crippen LogP contribution in [-0.4, -0.2) is 114 Å². The monoisotopic (exact) mass is 933 g/mol. The summed E-state index contributed by atoms with van der Waals surface area (Å²) < 4.78 is 97.2. The summed E-state index contributed by atoms with van der Waals surface area (Å²) in [6.45, 7) is 16.1. The number of carbonyl (C=O) groups excluding carboxylic acids is 1. The molecule has 0 radical (unpaired) electrons. The Morgan fingerprint density at radius 2 is 1.67 bits per heavy atom. The Morgan fingerprint density at radius 1 is 0.984 bits per heavy atom. The molecule has 0 aromatic heterocycles. The van der Waals surface area contributed by atoms with Gasteiger partial charge in [-0.1, -0.05) is 63.1 Å². The third-order valence-corrected chi connectivity index (χ3v) is 15.7. The van der Waals surface area contributed by atoms with Crippen LogP contribution in [0, 0.1) is 5.41 Å². The molecule has 346 valence electrons. The van der Waals surface area contributed by atoms with Gasteiger partial charge in [0.2, 0.25) is 0 Å². The van der Waals surface area contributed by atoms with Crippen molar-refractivity contribution in [1.82, 2.24) is 14.5 Å². The zero-order valence-corrected chi connectivity index (χ0v) is 39.2. The maximum atomic E-state index is 14.1. The molecule has 63 heavy (non-hydrogen) atoms. The Labute approximate surface area is 376 Å². The van der Waals surface area contributed by atoms with Crippen molar-refractivity contribution in [3.8, 4) is 0 Å². The molecule has 1 saturated heterocycles. The van der Waals surface area contributed by atoms with Gasteiger partial charge in [-0.2, -0.15) is 13.2 Å². The van der Waals surface area contributed by atoms with Gasteiger partial charge in [0.25, 0.3) is 25.8 Å². The van der Waals surface area contributed by atoms with E-state index in [9.17, 15) is 39.9 Å². The number of nitrogens with one attached hydrogen (secondary N) is 2. The molecule has 17 heteroatoms. The number of likely N-dealkylation sites (N-methyl/N-ethyl adjacent to an activating group) is 1. The number of nitrogens with zero attached hydrogens (tertiary/aromatic N) is 3. The largest absolute Gasteiger partial charge is 0.501 e. The standard InChI is InChI=1S/C46H62F3N5O6S3/c1-6-7-11-34(2)41-31-45(3,4)22-20-36(41)32-53-24-26-54(27-25-53)38-16-14-35(15-17-38)44(56)51-63(59,60)40-18-19-42(43(30-40)62(57,58)46(47,48)49)50-37(21-23-52(5)28-29-55)33-61-39-12-9-8-10-13-39/h8-10,12-19,30,37,50,55H,2,6-7,11,20-29,31-33H2,1,3-5H3,(H,51,56)/t37-/m1/s1. The van der Waals surface area contributed by atoms with Crippen molar-refractivity contribution in [2.75, 3.05) is 75.4 Å². The number of allylic oxidation sites excluding steroid dienone is 2. The first-order chi connectivity index (χ1) is 29.7. The molecule has 1 atom stereocenters. The van der Waals surface area contributed by atoms with Gasteiger partial charge in [0.15, 0.2) is 0 Å². The molecular formula is C46H62F3N5O6S3. The molecule has 3 aromatic rings. The first-order valence-corrected chi connectivity index (χ1v) is 25.4. The van der Waals surface area contributed by atoms with Crippen LogP contribution in [0.4, 0.5) is 24.5 Å². The minimum absolute atomic E-state index is 0.00435. The molecule has 11 nitrogen and oxygen atoms in total. The summed E-state index contributed by atoms with van der Waals surface area (Å²) in [4.78, 5) is 18.5. The van der Waals surface area contributed by atoms with E-state index in [1.807, 2.05) is 40.0 Å². The van der Waals surface area contributed by atoms with Gasteiger partial charge < -0.3 is 20.2 Å². The fourth-order valence-corrected chi connectivity index (χ4v) is 10.9. The third-order valence-electron chi connectivity index (χ3n) is 11.7. The van der Waals surface area contributed by atoms with Crippen molar-refractivity contribution < 1.29 is 39.9 Å². The van der Waals surface area contributed by atoms with E-state index in [1.54, 1.807) is 19.2 Å². The first-order valence-electron chi connectivity index (χ1n) is 21.5. The van der Waals surface area contributed by atoms with Crippen LogP contribution in [0.5, 0.6) is 0 Å². The molecule has 1 fully saturated rings. The smallest absolute Gasteiger partial charge is 0.395 e. The maximum absolute atomic E-state index is 14.1. The Hall–Kier alpha value is -3.87. The lowest BCUT2D eigenvalue weighted by molar-refractivity contribution is -0.0435. The average Bonchev–Trinajstić information content (AvgIpc) is 3.24. The Bertz CT molecular complexity index is 2280. The number of unbranched alkanes of at least 4 members (excludes halogenated alkanes) is 1. The molecule has 0 unspecified atom stereocenters. The molecule has 1 amide bonds. The van der Waals surface area contributed by atoms with Crippen molar-refractivity contribution in [3.05, 3.63) is 102 Å². The van der Waals surface area contributed by atoms with Gasteiger partial charge in [0, 0.05) is 67.2 Å². The van der Waals surface area contributed by atoms with E-state index in [-0.39, 0.29) is 17.6 Å². The number of thioether (sulfide) groups is 1. The number of sulfone groups is 1. The molecule has 2 aliphatic rings. The number of hydrogen-bond donors (Lipinski definition) is 3. The van der Waals surface area contributed by atoms with Crippen LogP contribution in [0.2, 0.25) is 0 Å². The molecule has 1 aliphatic heterocycles. The van der Waals surface area contributed by atoms with Gasteiger partial charge in [-0.15, -0.1) is 11.8 Å². The van der Waals surface area contributed by atoms with Crippen LogP contribution in [-0.2, 0) is 19.9 Å². The zero-order valence-electron chi connectivity index (χ0n) is 36.7. The maximum Gasteiger partial charge on any atom is 0.501 e. The fourth-order valence-electron chi connectivity index (χ4n) is 7.85. The van der Waals surface area contributed by atoms with E-state index < -0.39 is 52.8 Å². The van der Waals surface area contributed by atoms with Crippen LogP contribution in [0.3, 0.4) is 0 Å². The number of rotatable bonds is 21. The van der Waals surface area contributed by atoms with E-state index >= 15 is 0 Å². The second kappa shape index (κ2) is 21.9. The Kier molecular flexibility index (Phi) is 17.4. The number of alkyl halides is 3. The number of sulfonamides is 1. The van der Waals surface area contributed by atoms with E-state index in [0.717, 1.165) is 94.0 Å². The van der Waals surface area contributed by atoms with Gasteiger partial charge in [0.1, 0.15) is 4.90 Å². The lowest BCUT2D eigenvalue weighted by atomic mass is 9.72. The molecular weight excluding hydrogens is 872 g/mol. The summed E-state index contributed by atoms with van der Waals surface area (Å²) in [7, 11) is -9.15. The van der Waals surface area contributed by atoms with Gasteiger partial charge in [-0.05, 0) is 118 Å². The zero-order chi connectivity index (χ0) is 46.0. The lowest BCUT2D eigenvalue weighted by Crippen LogP contribution is -2.47. The summed E-state index contributed by atoms with van der Waals surface area (Å²) in [5.74, 6) is -0.708. The van der Waals surface area contributed by atoms with E-state index in [2.05, 4.69) is 42.5 Å². The first kappa shape index (κ1) is 50.1. The molecule has 1 heterocycles. The Morgan fingerprint density at radius 3 is 2.30 bits per heavy atom. The number of hydrogen-bond acceptors (Lipinski definition) is 11. The van der Waals surface area contributed by atoms with Crippen LogP contribution in [0.15, 0.2) is 111 Å². The number of piperazine rings is 1. The molecule has 5 rings (SSSR count). The van der Waals surface area contributed by atoms with E-state index in [0.29, 0.717) is 31.3 Å². The summed E-state index contributed by atoms with van der Waals surface area (Å²) in [5.41, 5.74) is -0.861. The highest BCUT2D eigenvalue weighted by Crippen LogP contribution is 2.42. The number of anilines is 2. The van der Waals surface area contributed by atoms with Gasteiger partial charge >= 0.3 is 5.51 Å². The predicted molar refractivity (Wildman–Crippen MR) is 247 cm³/mol. The molecule has 1 aliphatic carbocycles. The second-order valence-corrected chi connectivity index (χ2v) is 21.9. The molecule has 3 aromatic carbocycles. The molecule has 0 saturated carbocycles. The minimum atomic E-state index is -6.07. The van der Waals surface area contributed by atoms with Crippen molar-refractivity contribution in [2.24, 2.45) is 5.41 Å². The van der Waals surface area contributed by atoms with Crippen molar-refractivity contribution in [1.29, 1.82) is 0 Å². The highest BCUT2D eigenvalue weighted by molar-refractivity contribution is 7.99. The summed E-state index contributed by atoms with van der Waals surface area (Å²) in [6, 6.07) is 17.4. The summed E-state index contributed by atoms with van der Waals surface area (Å²) >= 11 is 1.41. The van der Waals surface area contributed by atoms with Crippen molar-refractivity contribution in [2.45, 2.75) is 92.0 Å². The van der Waals surface area contributed by atoms with Crippen molar-refractivity contribution in [3.63, 3.8) is 0 Å². The SMILES string of the molecule is C=C(CCCC)C1=C(CN2CCN(c3ccc(C(=O)NS(=O)(=O)c4ccc(N[C@H](CCN(C)CCO)CSc5ccccc5)c(S(=O)(=O)C(F)(F)F)c4)cc3)CC2)CCC(C)(C)C1. The second-order valence-electron chi connectivity index (χ2n) is 17.3. The molecule has 0 bridgehead atoms. The predicted octanol–water partition coefficient (Wildman–Crippen LogP) is 8.36. The van der Waals surface area contributed by atoms with E-state index in [1.165, 1.54) is 40.6 Å². The molecule has 3 N–H and O–H groups in total. The van der Waals surface area contributed by atoms with Gasteiger partial charge in [-0.3, -0.25) is 9.69 Å². The van der Waals surface area contributed by atoms with E-state index in [4.69, 9.17) is 0 Å². The topological polar surface area (TPSA) is 139 Å². The highest BCUT2D eigenvalue weighted by atomic mass is 32.2. The molecule has 0 spiro atoms. The van der Waals surface area contributed by atoms with Crippen LogP contribution < -0.4 is 14.9 Å². The summed E-state index contributed by atoms with van der Waals surface area (Å²) in [5, 5.41) is 12.3. The number of amides is 1. The normalized spacial score (nSPS) is 16.9. The average molecular weight is 934 g/mol. The van der Waals surface area contributed by atoms with Crippen LogP contribution in [0.25, 0.3) is 0 Å². The summed E-state index contributed by atoms with van der Waals surface area (Å²) in [6.07, 6.45) is 6.93. The number of carbonyl (C=O) groups is 1. The van der Waals surface area contributed by atoms with Crippen LogP contribution in [0.1, 0.15) is 76.1 Å². The van der Waals surface area contributed by atoms with Gasteiger partial charge in [0.05, 0.1) is 17.2 Å². The fraction of sp³-hybridized carbons (Fsp3) is 0.500. The van der Waals surface area contributed by atoms with Crippen molar-refractivity contribution >= 4 is 48.9 Å². The third kappa shape index (κ3) is 13.8. The Balaban J connectivity index is 1.27. The number of halogens is 3. The number of benzene rings is 3. The van der Waals surface area contributed by atoms with Gasteiger partial charge in [-0.25, -0.2) is 21.6 Å². The quantitative estimate of drug-likeness (QED) is 0.0889. The number of aliphatic hydroxyl groups excluding tert-OH is 1.